The predicted octanol–water partition coefficient (Wildman–Crippen LogP) is 2.63. The summed E-state index contributed by atoms with van der Waals surface area (Å²) < 4.78 is 15.8. The lowest BCUT2D eigenvalue weighted by Crippen LogP contribution is -2.20. The van der Waals surface area contributed by atoms with Gasteiger partial charge >= 0.3 is 5.97 Å². The van der Waals surface area contributed by atoms with E-state index in [2.05, 4.69) is 0 Å². The number of rotatable bonds is 4. The monoisotopic (exact) mass is 304 g/mol. The predicted molar refractivity (Wildman–Crippen MR) is 79.2 cm³/mol. The SMILES string of the molecule is COc1cccc2oc([C@H](C)OC(C)=O)c(C(C)=O)c(=O)c12. The molecule has 116 valence electrons. The van der Waals surface area contributed by atoms with Crippen molar-refractivity contribution in [2.75, 3.05) is 7.11 Å². The molecule has 1 aromatic heterocycles. The van der Waals surface area contributed by atoms with E-state index in [1.165, 1.54) is 27.9 Å². The van der Waals surface area contributed by atoms with Crippen LogP contribution in [-0.2, 0) is 9.53 Å². The number of esters is 1. The highest BCUT2D eigenvalue weighted by atomic mass is 16.5. The molecule has 2 rings (SSSR count). The lowest BCUT2D eigenvalue weighted by Gasteiger charge is -2.15. The Balaban J connectivity index is 2.83. The number of methoxy groups -OCH3 is 1. The Hall–Kier alpha value is -2.63. The van der Waals surface area contributed by atoms with Crippen molar-refractivity contribution in [3.8, 4) is 5.75 Å². The molecule has 22 heavy (non-hydrogen) atoms. The zero-order valence-corrected chi connectivity index (χ0v) is 12.8. The topological polar surface area (TPSA) is 82.8 Å². The van der Waals surface area contributed by atoms with Crippen LogP contribution in [0.4, 0.5) is 0 Å². The molecule has 0 saturated carbocycles. The van der Waals surface area contributed by atoms with Crippen molar-refractivity contribution >= 4 is 22.7 Å². The van der Waals surface area contributed by atoms with Crippen molar-refractivity contribution in [2.24, 2.45) is 0 Å². The summed E-state index contributed by atoms with van der Waals surface area (Å²) in [6, 6.07) is 4.86. The zero-order valence-electron chi connectivity index (χ0n) is 12.8. The summed E-state index contributed by atoms with van der Waals surface area (Å²) in [4.78, 5) is 35.6. The molecule has 0 fully saturated rings. The number of carbonyl (C=O) groups excluding carboxylic acids is 2. The molecule has 0 bridgehead atoms. The van der Waals surface area contributed by atoms with Gasteiger partial charge in [-0.2, -0.15) is 0 Å². The Morgan fingerprint density at radius 1 is 1.23 bits per heavy atom. The van der Waals surface area contributed by atoms with Crippen molar-refractivity contribution in [3.05, 3.63) is 39.7 Å². The van der Waals surface area contributed by atoms with E-state index in [0.717, 1.165) is 0 Å². The highest BCUT2D eigenvalue weighted by molar-refractivity contribution is 5.99. The van der Waals surface area contributed by atoms with E-state index in [9.17, 15) is 14.4 Å². The van der Waals surface area contributed by atoms with E-state index in [-0.39, 0.29) is 22.3 Å². The minimum absolute atomic E-state index is 0.0356. The molecule has 1 atom stereocenters. The summed E-state index contributed by atoms with van der Waals surface area (Å²) in [5.74, 6) is -0.639. The lowest BCUT2D eigenvalue weighted by molar-refractivity contribution is -0.146. The van der Waals surface area contributed by atoms with Gasteiger partial charge in [0.1, 0.15) is 22.3 Å². The average Bonchev–Trinajstić information content (AvgIpc) is 2.44. The van der Waals surface area contributed by atoms with Crippen LogP contribution < -0.4 is 10.2 Å². The summed E-state index contributed by atoms with van der Waals surface area (Å²) in [7, 11) is 1.43. The third kappa shape index (κ3) is 2.72. The van der Waals surface area contributed by atoms with Crippen LogP contribution in [-0.4, -0.2) is 18.9 Å². The number of ketones is 1. The number of benzene rings is 1. The number of ether oxygens (including phenoxy) is 2. The van der Waals surface area contributed by atoms with Crippen LogP contribution in [0.3, 0.4) is 0 Å². The molecule has 2 aromatic rings. The summed E-state index contributed by atoms with van der Waals surface area (Å²) in [6.45, 7) is 4.04. The minimum Gasteiger partial charge on any atom is -0.496 e. The van der Waals surface area contributed by atoms with Gasteiger partial charge in [0.15, 0.2) is 17.6 Å². The van der Waals surface area contributed by atoms with Crippen LogP contribution in [0.2, 0.25) is 0 Å². The molecule has 6 nitrogen and oxygen atoms in total. The van der Waals surface area contributed by atoms with Gasteiger partial charge < -0.3 is 13.9 Å². The van der Waals surface area contributed by atoms with Crippen LogP contribution in [0.15, 0.2) is 27.4 Å². The first kappa shape index (κ1) is 15.8. The van der Waals surface area contributed by atoms with E-state index in [1.54, 1.807) is 18.2 Å². The van der Waals surface area contributed by atoms with E-state index < -0.39 is 23.3 Å². The normalized spacial score (nSPS) is 12.0. The van der Waals surface area contributed by atoms with Gasteiger partial charge in [-0.3, -0.25) is 14.4 Å². The van der Waals surface area contributed by atoms with Crippen LogP contribution >= 0.6 is 0 Å². The van der Waals surface area contributed by atoms with E-state index in [1.807, 2.05) is 0 Å². The third-order valence-electron chi connectivity index (χ3n) is 3.19. The molecule has 0 aliphatic carbocycles. The van der Waals surface area contributed by atoms with Crippen molar-refractivity contribution < 1.29 is 23.5 Å². The van der Waals surface area contributed by atoms with E-state index in [4.69, 9.17) is 13.9 Å². The summed E-state index contributed by atoms with van der Waals surface area (Å²) in [6.07, 6.45) is -0.847. The highest BCUT2D eigenvalue weighted by Gasteiger charge is 2.25. The van der Waals surface area contributed by atoms with Crippen LogP contribution in [0, 0.1) is 0 Å². The first-order valence-electron chi connectivity index (χ1n) is 6.68. The molecule has 0 saturated heterocycles. The van der Waals surface area contributed by atoms with E-state index >= 15 is 0 Å². The fraction of sp³-hybridized carbons (Fsp3) is 0.312. The summed E-state index contributed by atoms with van der Waals surface area (Å²) in [5, 5.41) is 0.189. The van der Waals surface area contributed by atoms with Gasteiger partial charge in [-0.25, -0.2) is 0 Å². The standard InChI is InChI=1S/C16H16O6/c1-8(17)13-15(19)14-11(20-4)6-5-7-12(14)22-16(13)9(2)21-10(3)18/h5-7,9H,1-4H3/t9-/m0/s1. The van der Waals surface area contributed by atoms with E-state index in [0.29, 0.717) is 5.75 Å². The third-order valence-corrected chi connectivity index (χ3v) is 3.19. The molecular weight excluding hydrogens is 288 g/mol. The fourth-order valence-electron chi connectivity index (χ4n) is 2.32. The van der Waals surface area contributed by atoms with Crippen molar-refractivity contribution in [3.63, 3.8) is 0 Å². The number of Topliss-reactive ketones (excluding diaryl/α,β-unsaturated/α-hetero) is 1. The number of hydrogen-bond donors (Lipinski definition) is 0. The molecular formula is C16H16O6. The van der Waals surface area contributed by atoms with Crippen molar-refractivity contribution in [2.45, 2.75) is 26.9 Å². The number of carbonyl (C=O) groups is 2. The molecule has 1 heterocycles. The summed E-state index contributed by atoms with van der Waals surface area (Å²) >= 11 is 0. The lowest BCUT2D eigenvalue weighted by atomic mass is 10.0. The second kappa shape index (κ2) is 6.01. The van der Waals surface area contributed by atoms with Gasteiger partial charge in [0.05, 0.1) is 7.11 Å². The molecule has 0 N–H and O–H groups in total. The Labute approximate surface area is 126 Å². The van der Waals surface area contributed by atoms with Gasteiger partial charge in [-0.05, 0) is 26.0 Å². The van der Waals surface area contributed by atoms with Crippen LogP contribution in [0.5, 0.6) is 5.75 Å². The molecule has 0 radical (unpaired) electrons. The van der Waals surface area contributed by atoms with Crippen molar-refractivity contribution in [1.82, 2.24) is 0 Å². The largest absolute Gasteiger partial charge is 0.496 e. The van der Waals surface area contributed by atoms with Crippen LogP contribution in [0.1, 0.15) is 43.0 Å². The maximum atomic E-state index is 12.7. The maximum absolute atomic E-state index is 12.7. The second-order valence-electron chi connectivity index (χ2n) is 4.81. The molecule has 0 unspecified atom stereocenters. The molecule has 0 amide bonds. The van der Waals surface area contributed by atoms with Crippen molar-refractivity contribution in [1.29, 1.82) is 0 Å². The first-order valence-corrected chi connectivity index (χ1v) is 6.68. The average molecular weight is 304 g/mol. The minimum atomic E-state index is -0.847. The van der Waals surface area contributed by atoms with Crippen LogP contribution in [0.25, 0.3) is 11.0 Å². The maximum Gasteiger partial charge on any atom is 0.303 e. The number of fused-ring (bicyclic) bond motifs is 1. The summed E-state index contributed by atoms with van der Waals surface area (Å²) in [5.41, 5.74) is -0.366. The smallest absolute Gasteiger partial charge is 0.303 e. The van der Waals surface area contributed by atoms with Gasteiger partial charge in [-0.15, -0.1) is 0 Å². The number of hydrogen-bond acceptors (Lipinski definition) is 6. The molecule has 0 spiro atoms. The van der Waals surface area contributed by atoms with Gasteiger partial charge in [0.2, 0.25) is 5.43 Å². The second-order valence-corrected chi connectivity index (χ2v) is 4.81. The molecule has 0 aliphatic heterocycles. The zero-order chi connectivity index (χ0) is 16.4. The molecule has 1 aromatic carbocycles. The molecule has 6 heteroatoms. The fourth-order valence-corrected chi connectivity index (χ4v) is 2.32. The Bertz CT molecular complexity index is 802. The Morgan fingerprint density at radius 3 is 2.45 bits per heavy atom. The first-order chi connectivity index (χ1) is 10.4. The Morgan fingerprint density at radius 2 is 1.91 bits per heavy atom. The van der Waals surface area contributed by atoms with Gasteiger partial charge in [0, 0.05) is 6.92 Å². The quantitative estimate of drug-likeness (QED) is 0.638. The van der Waals surface area contributed by atoms with Gasteiger partial charge in [0.25, 0.3) is 0 Å². The molecule has 0 aliphatic rings. The highest BCUT2D eigenvalue weighted by Crippen LogP contribution is 2.28. The Kier molecular flexibility index (Phi) is 4.30. The van der Waals surface area contributed by atoms with Gasteiger partial charge in [-0.1, -0.05) is 6.07 Å².